The standard InChI is InChI=1S/C11H15N3OS/c12-14-5-2-11(3-6-14)8-16(15)10-7-13-4-1-9(10)11/h1,4,7H,2-3,5-6,8,12H2. The molecule has 86 valence electrons. The summed E-state index contributed by atoms with van der Waals surface area (Å²) >= 11 is 0. The second-order valence-electron chi connectivity index (χ2n) is 4.68. The molecule has 1 aromatic heterocycles. The number of rotatable bonds is 0. The first-order valence-electron chi connectivity index (χ1n) is 5.54. The monoisotopic (exact) mass is 237 g/mol. The average molecular weight is 237 g/mol. The maximum atomic E-state index is 12.0. The summed E-state index contributed by atoms with van der Waals surface area (Å²) in [4.78, 5) is 5.01. The highest BCUT2D eigenvalue weighted by atomic mass is 32.2. The van der Waals surface area contributed by atoms with Crippen molar-refractivity contribution in [3.05, 3.63) is 24.0 Å². The minimum Gasteiger partial charge on any atom is -0.269 e. The minimum absolute atomic E-state index is 0.0962. The molecule has 2 aliphatic rings. The Balaban J connectivity index is 2.02. The fraction of sp³-hybridized carbons (Fsp3) is 0.545. The van der Waals surface area contributed by atoms with E-state index in [0.717, 1.165) is 36.6 Å². The summed E-state index contributed by atoms with van der Waals surface area (Å²) in [6.07, 6.45) is 5.57. The number of pyridine rings is 1. The molecule has 2 aliphatic heterocycles. The summed E-state index contributed by atoms with van der Waals surface area (Å²) in [7, 11) is -0.868. The van der Waals surface area contributed by atoms with Crippen LogP contribution in [-0.4, -0.2) is 33.0 Å². The van der Waals surface area contributed by atoms with E-state index in [2.05, 4.69) is 4.98 Å². The topological polar surface area (TPSA) is 59.2 Å². The second-order valence-corrected chi connectivity index (χ2v) is 6.10. The Bertz CT molecular complexity index is 441. The van der Waals surface area contributed by atoms with E-state index >= 15 is 0 Å². The molecule has 2 N–H and O–H groups in total. The Labute approximate surface area is 97.3 Å². The predicted octanol–water partition coefficient (Wildman–Crippen LogP) is 0.410. The van der Waals surface area contributed by atoms with Gasteiger partial charge in [-0.1, -0.05) is 0 Å². The van der Waals surface area contributed by atoms with Crippen LogP contribution < -0.4 is 5.84 Å². The number of hydrogen-bond donors (Lipinski definition) is 1. The molecule has 16 heavy (non-hydrogen) atoms. The molecule has 4 nitrogen and oxygen atoms in total. The molecule has 3 heterocycles. The Morgan fingerprint density at radius 1 is 1.44 bits per heavy atom. The van der Waals surface area contributed by atoms with Crippen molar-refractivity contribution in [2.45, 2.75) is 23.2 Å². The van der Waals surface area contributed by atoms with Gasteiger partial charge in [0, 0.05) is 36.7 Å². The van der Waals surface area contributed by atoms with Gasteiger partial charge < -0.3 is 0 Å². The Kier molecular flexibility index (Phi) is 2.34. The summed E-state index contributed by atoms with van der Waals surface area (Å²) in [5, 5.41) is 1.85. The van der Waals surface area contributed by atoms with Crippen LogP contribution in [0.1, 0.15) is 18.4 Å². The molecule has 0 bridgehead atoms. The lowest BCUT2D eigenvalue weighted by atomic mass is 9.75. The summed E-state index contributed by atoms with van der Waals surface area (Å²) in [5.41, 5.74) is 1.34. The SMILES string of the molecule is NN1CCC2(CC1)CS(=O)c1cnccc12. The van der Waals surface area contributed by atoms with Crippen LogP contribution in [0.15, 0.2) is 23.4 Å². The molecule has 1 unspecified atom stereocenters. The number of nitrogens with two attached hydrogens (primary N) is 1. The van der Waals surface area contributed by atoms with Crippen molar-refractivity contribution in [3.63, 3.8) is 0 Å². The first-order chi connectivity index (χ1) is 7.71. The molecule has 1 fully saturated rings. The van der Waals surface area contributed by atoms with Crippen LogP contribution in [0.2, 0.25) is 0 Å². The van der Waals surface area contributed by atoms with Crippen molar-refractivity contribution in [1.82, 2.24) is 9.99 Å². The van der Waals surface area contributed by atoms with E-state index in [4.69, 9.17) is 5.84 Å². The summed E-state index contributed by atoms with van der Waals surface area (Å²) in [6.45, 7) is 1.78. The molecule has 0 aromatic carbocycles. The van der Waals surface area contributed by atoms with E-state index in [1.165, 1.54) is 5.56 Å². The number of fused-ring (bicyclic) bond motifs is 2. The molecule has 3 rings (SSSR count). The number of piperidine rings is 1. The average Bonchev–Trinajstić information content (AvgIpc) is 2.58. The van der Waals surface area contributed by atoms with Crippen molar-refractivity contribution in [1.29, 1.82) is 0 Å². The molecule has 0 radical (unpaired) electrons. The van der Waals surface area contributed by atoms with E-state index in [-0.39, 0.29) is 5.41 Å². The Morgan fingerprint density at radius 3 is 2.94 bits per heavy atom. The third-order valence-electron chi connectivity index (χ3n) is 3.76. The smallest absolute Gasteiger partial charge is 0.0609 e. The second kappa shape index (κ2) is 3.61. The van der Waals surface area contributed by atoms with E-state index in [1.807, 2.05) is 11.1 Å². The van der Waals surface area contributed by atoms with Crippen LogP contribution >= 0.6 is 0 Å². The van der Waals surface area contributed by atoms with Gasteiger partial charge in [0.05, 0.1) is 15.7 Å². The van der Waals surface area contributed by atoms with Gasteiger partial charge in [0.15, 0.2) is 0 Å². The van der Waals surface area contributed by atoms with E-state index < -0.39 is 10.8 Å². The highest BCUT2D eigenvalue weighted by Crippen LogP contribution is 2.43. The lowest BCUT2D eigenvalue weighted by Crippen LogP contribution is -2.46. The number of nitrogens with zero attached hydrogens (tertiary/aromatic N) is 2. The van der Waals surface area contributed by atoms with Crippen LogP contribution in [-0.2, 0) is 16.2 Å². The summed E-state index contributed by atoms with van der Waals surface area (Å²) in [6, 6.07) is 2.03. The van der Waals surface area contributed by atoms with Crippen LogP contribution in [0.5, 0.6) is 0 Å². The predicted molar refractivity (Wildman–Crippen MR) is 62.2 cm³/mol. The minimum atomic E-state index is -0.868. The van der Waals surface area contributed by atoms with Gasteiger partial charge in [-0.05, 0) is 24.5 Å². The third-order valence-corrected chi connectivity index (χ3v) is 5.39. The highest BCUT2D eigenvalue weighted by Gasteiger charge is 2.44. The number of hydrogen-bond acceptors (Lipinski definition) is 4. The van der Waals surface area contributed by atoms with Gasteiger partial charge in [0.25, 0.3) is 0 Å². The van der Waals surface area contributed by atoms with Crippen molar-refractivity contribution in [2.75, 3.05) is 18.8 Å². The molecule has 5 heteroatoms. The maximum absolute atomic E-state index is 12.0. The number of hydrazine groups is 1. The zero-order valence-electron chi connectivity index (χ0n) is 9.06. The molecular weight excluding hydrogens is 222 g/mol. The molecule has 1 spiro atoms. The van der Waals surface area contributed by atoms with E-state index in [1.54, 1.807) is 12.4 Å². The van der Waals surface area contributed by atoms with E-state index in [9.17, 15) is 4.21 Å². The largest absolute Gasteiger partial charge is 0.269 e. The first-order valence-corrected chi connectivity index (χ1v) is 6.86. The Hall–Kier alpha value is -0.780. The van der Waals surface area contributed by atoms with Crippen molar-refractivity contribution < 1.29 is 4.21 Å². The van der Waals surface area contributed by atoms with Crippen LogP contribution in [0, 0.1) is 0 Å². The summed E-state index contributed by atoms with van der Waals surface area (Å²) in [5.74, 6) is 6.54. The van der Waals surface area contributed by atoms with Crippen LogP contribution in [0.25, 0.3) is 0 Å². The van der Waals surface area contributed by atoms with Crippen molar-refractivity contribution >= 4 is 10.8 Å². The zero-order valence-corrected chi connectivity index (χ0v) is 9.87. The van der Waals surface area contributed by atoms with Gasteiger partial charge in [0.1, 0.15) is 0 Å². The Morgan fingerprint density at radius 2 is 2.19 bits per heavy atom. The summed E-state index contributed by atoms with van der Waals surface area (Å²) < 4.78 is 12.0. The highest BCUT2D eigenvalue weighted by molar-refractivity contribution is 7.85. The van der Waals surface area contributed by atoms with Gasteiger partial charge in [0.2, 0.25) is 0 Å². The van der Waals surface area contributed by atoms with Crippen molar-refractivity contribution in [2.24, 2.45) is 5.84 Å². The molecule has 1 saturated heterocycles. The number of aromatic nitrogens is 1. The molecule has 1 aromatic rings. The van der Waals surface area contributed by atoms with Gasteiger partial charge in [-0.3, -0.25) is 15.0 Å². The van der Waals surface area contributed by atoms with Crippen LogP contribution in [0.3, 0.4) is 0 Å². The van der Waals surface area contributed by atoms with Gasteiger partial charge >= 0.3 is 0 Å². The molecule has 0 aliphatic carbocycles. The fourth-order valence-electron chi connectivity index (χ4n) is 2.77. The quantitative estimate of drug-likeness (QED) is 0.664. The molecule has 0 saturated carbocycles. The van der Waals surface area contributed by atoms with Gasteiger partial charge in [-0.25, -0.2) is 5.01 Å². The fourth-order valence-corrected chi connectivity index (χ4v) is 4.58. The van der Waals surface area contributed by atoms with Gasteiger partial charge in [-0.15, -0.1) is 0 Å². The normalized spacial score (nSPS) is 28.2. The molecule has 1 atom stereocenters. The zero-order chi connectivity index (χ0) is 11.2. The molecule has 0 amide bonds. The van der Waals surface area contributed by atoms with Crippen molar-refractivity contribution in [3.8, 4) is 0 Å². The third kappa shape index (κ3) is 1.43. The maximum Gasteiger partial charge on any atom is 0.0609 e. The molecular formula is C11H15N3OS. The van der Waals surface area contributed by atoms with Gasteiger partial charge in [-0.2, -0.15) is 0 Å². The lowest BCUT2D eigenvalue weighted by molar-refractivity contribution is 0.174. The lowest BCUT2D eigenvalue weighted by Gasteiger charge is -2.37. The van der Waals surface area contributed by atoms with E-state index in [0.29, 0.717) is 0 Å². The van der Waals surface area contributed by atoms with Crippen LogP contribution in [0.4, 0.5) is 0 Å². The first kappa shape index (κ1) is 10.4.